The van der Waals surface area contributed by atoms with Gasteiger partial charge in [0, 0.05) is 31.2 Å². The summed E-state index contributed by atoms with van der Waals surface area (Å²) in [6, 6.07) is 10.0. The Balaban J connectivity index is 1.75. The monoisotopic (exact) mass is 410 g/mol. The first-order valence-electron chi connectivity index (χ1n) is 8.14. The van der Waals surface area contributed by atoms with Crippen LogP contribution in [0.1, 0.15) is 16.7 Å². The predicted octanol–water partition coefficient (Wildman–Crippen LogP) is 3.21. The van der Waals surface area contributed by atoms with Crippen LogP contribution in [-0.4, -0.2) is 18.0 Å². The third kappa shape index (κ3) is 4.90. The number of imidazole rings is 1. The van der Waals surface area contributed by atoms with Crippen LogP contribution in [0.4, 0.5) is 18.9 Å². The normalized spacial score (nSPS) is 12.1. The van der Waals surface area contributed by atoms with Crippen molar-refractivity contribution in [1.82, 2.24) is 9.55 Å². The number of nitrogens with two attached hydrogens (primary N) is 1. The van der Waals surface area contributed by atoms with E-state index >= 15 is 0 Å². The van der Waals surface area contributed by atoms with Gasteiger partial charge >= 0.3 is 6.18 Å². The van der Waals surface area contributed by atoms with Crippen molar-refractivity contribution in [2.45, 2.75) is 24.2 Å². The summed E-state index contributed by atoms with van der Waals surface area (Å²) in [7, 11) is -4.23. The van der Waals surface area contributed by atoms with Gasteiger partial charge in [-0.25, -0.2) is 18.5 Å². The Hall–Kier alpha value is -2.85. The van der Waals surface area contributed by atoms with Crippen molar-refractivity contribution in [1.29, 1.82) is 0 Å². The van der Waals surface area contributed by atoms with Gasteiger partial charge in [-0.2, -0.15) is 13.2 Å². The zero-order valence-corrected chi connectivity index (χ0v) is 15.3. The van der Waals surface area contributed by atoms with E-state index < -0.39 is 26.7 Å². The summed E-state index contributed by atoms with van der Waals surface area (Å²) in [4.78, 5) is 3.38. The molecular weight excluding hydrogens is 393 g/mol. The van der Waals surface area contributed by atoms with Gasteiger partial charge in [0.25, 0.3) is 0 Å². The van der Waals surface area contributed by atoms with Gasteiger partial charge in [-0.15, -0.1) is 0 Å². The molecule has 28 heavy (non-hydrogen) atoms. The molecule has 3 aromatic rings. The number of rotatable bonds is 6. The summed E-state index contributed by atoms with van der Waals surface area (Å²) in [5.41, 5.74) is 0.492. The Morgan fingerprint density at radius 2 is 1.75 bits per heavy atom. The fraction of sp³-hybridized carbons (Fsp3) is 0.167. The van der Waals surface area contributed by atoms with Crippen LogP contribution in [0, 0.1) is 0 Å². The van der Waals surface area contributed by atoms with E-state index in [9.17, 15) is 21.6 Å². The molecule has 6 nitrogen and oxygen atoms in total. The largest absolute Gasteiger partial charge is 0.418 e. The van der Waals surface area contributed by atoms with Gasteiger partial charge in [-0.1, -0.05) is 24.3 Å². The standard InChI is InChI=1S/C18H17F3N4O2S/c19-18(20,21)16-9-15(28(22,26)27)5-6-17(16)24-10-13-1-3-14(4-2-13)11-25-8-7-23-12-25/h1-9,12,24H,10-11H2,(H2,22,26,27). The number of anilines is 1. The fourth-order valence-corrected chi connectivity index (χ4v) is 3.18. The molecule has 0 amide bonds. The zero-order valence-electron chi connectivity index (χ0n) is 14.5. The molecular formula is C18H17F3N4O2S. The van der Waals surface area contributed by atoms with Crippen molar-refractivity contribution in [3.8, 4) is 0 Å². The van der Waals surface area contributed by atoms with E-state index in [2.05, 4.69) is 10.3 Å². The molecule has 0 atom stereocenters. The molecule has 0 unspecified atom stereocenters. The van der Waals surface area contributed by atoms with E-state index in [1.165, 1.54) is 0 Å². The Kier molecular flexibility index (Phi) is 5.43. The van der Waals surface area contributed by atoms with E-state index in [1.807, 2.05) is 35.0 Å². The first-order chi connectivity index (χ1) is 13.1. The van der Waals surface area contributed by atoms with Crippen LogP contribution in [0.25, 0.3) is 0 Å². The first-order valence-corrected chi connectivity index (χ1v) is 9.69. The molecule has 0 fully saturated rings. The Bertz CT molecular complexity index is 1050. The van der Waals surface area contributed by atoms with E-state index in [4.69, 9.17) is 5.14 Å². The van der Waals surface area contributed by atoms with Crippen LogP contribution in [0.15, 0.2) is 66.1 Å². The van der Waals surface area contributed by atoms with E-state index in [-0.39, 0.29) is 12.2 Å². The highest BCUT2D eigenvalue weighted by Crippen LogP contribution is 2.36. The second kappa shape index (κ2) is 7.64. The molecule has 10 heteroatoms. The molecule has 0 saturated heterocycles. The third-order valence-electron chi connectivity index (χ3n) is 4.06. The van der Waals surface area contributed by atoms with Crippen molar-refractivity contribution >= 4 is 15.7 Å². The van der Waals surface area contributed by atoms with Gasteiger partial charge in [0.2, 0.25) is 10.0 Å². The quantitative estimate of drug-likeness (QED) is 0.653. The highest BCUT2D eigenvalue weighted by molar-refractivity contribution is 7.89. The van der Waals surface area contributed by atoms with Crippen molar-refractivity contribution in [2.24, 2.45) is 5.14 Å². The van der Waals surface area contributed by atoms with Gasteiger partial charge < -0.3 is 9.88 Å². The first kappa shape index (κ1) is 19.9. The number of hydrogen-bond donors (Lipinski definition) is 2. The van der Waals surface area contributed by atoms with Crippen molar-refractivity contribution in [3.63, 3.8) is 0 Å². The molecule has 0 aliphatic heterocycles. The van der Waals surface area contributed by atoms with E-state index in [1.54, 1.807) is 12.5 Å². The fourth-order valence-electron chi connectivity index (χ4n) is 2.64. The molecule has 0 bridgehead atoms. The molecule has 0 aliphatic rings. The van der Waals surface area contributed by atoms with Gasteiger partial charge in [0.1, 0.15) is 0 Å². The van der Waals surface area contributed by atoms with Crippen molar-refractivity contribution in [3.05, 3.63) is 77.9 Å². The average Bonchev–Trinajstić information content (AvgIpc) is 3.12. The van der Waals surface area contributed by atoms with Crippen molar-refractivity contribution in [2.75, 3.05) is 5.32 Å². The topological polar surface area (TPSA) is 90.0 Å². The average molecular weight is 410 g/mol. The predicted molar refractivity (Wildman–Crippen MR) is 97.9 cm³/mol. The third-order valence-corrected chi connectivity index (χ3v) is 4.97. The lowest BCUT2D eigenvalue weighted by Gasteiger charge is -2.16. The van der Waals surface area contributed by atoms with Gasteiger partial charge in [-0.05, 0) is 29.3 Å². The number of halogens is 3. The van der Waals surface area contributed by atoms with Crippen LogP contribution < -0.4 is 10.5 Å². The molecule has 0 saturated carbocycles. The number of nitrogens with zero attached hydrogens (tertiary/aromatic N) is 2. The van der Waals surface area contributed by atoms with E-state index in [0.29, 0.717) is 12.6 Å². The minimum absolute atomic E-state index is 0.142. The number of primary sulfonamides is 1. The number of hydrogen-bond acceptors (Lipinski definition) is 4. The molecule has 0 spiro atoms. The Morgan fingerprint density at radius 1 is 1.07 bits per heavy atom. The summed E-state index contributed by atoms with van der Waals surface area (Å²) in [5, 5.41) is 7.63. The van der Waals surface area contributed by atoms with Crippen LogP contribution in [-0.2, 0) is 29.3 Å². The summed E-state index contributed by atoms with van der Waals surface area (Å²) in [5.74, 6) is 0. The number of nitrogens with one attached hydrogen (secondary N) is 1. The van der Waals surface area contributed by atoms with Gasteiger partial charge in [0.05, 0.1) is 16.8 Å². The second-order valence-corrected chi connectivity index (χ2v) is 7.72. The maximum atomic E-state index is 13.3. The lowest BCUT2D eigenvalue weighted by atomic mass is 10.1. The molecule has 0 radical (unpaired) electrons. The summed E-state index contributed by atoms with van der Waals surface area (Å²) in [6.07, 6.45) is 0.480. The number of benzene rings is 2. The SMILES string of the molecule is NS(=O)(=O)c1ccc(NCc2ccc(Cn3ccnc3)cc2)c(C(F)(F)F)c1. The maximum absolute atomic E-state index is 13.3. The second-order valence-electron chi connectivity index (χ2n) is 6.16. The van der Waals surface area contributed by atoms with Gasteiger partial charge in [-0.3, -0.25) is 0 Å². The zero-order chi connectivity index (χ0) is 20.4. The molecule has 1 aromatic heterocycles. The number of sulfonamides is 1. The molecule has 3 rings (SSSR count). The van der Waals surface area contributed by atoms with E-state index in [0.717, 1.165) is 23.3 Å². The lowest BCUT2D eigenvalue weighted by molar-refractivity contribution is -0.137. The Labute approximate surface area is 159 Å². The summed E-state index contributed by atoms with van der Waals surface area (Å²) >= 11 is 0. The Morgan fingerprint density at radius 3 is 2.32 bits per heavy atom. The highest BCUT2D eigenvalue weighted by atomic mass is 32.2. The van der Waals surface area contributed by atoms with Crippen LogP contribution in [0.3, 0.4) is 0 Å². The minimum Gasteiger partial charge on any atom is -0.380 e. The van der Waals surface area contributed by atoms with Crippen molar-refractivity contribution < 1.29 is 21.6 Å². The molecule has 2 aromatic carbocycles. The lowest BCUT2D eigenvalue weighted by Crippen LogP contribution is -2.16. The minimum atomic E-state index is -4.72. The smallest absolute Gasteiger partial charge is 0.380 e. The molecule has 3 N–H and O–H groups in total. The molecule has 148 valence electrons. The summed E-state index contributed by atoms with van der Waals surface area (Å²) in [6.45, 7) is 0.782. The van der Waals surface area contributed by atoms with Crippen LogP contribution in [0.5, 0.6) is 0 Å². The van der Waals surface area contributed by atoms with Gasteiger partial charge in [0.15, 0.2) is 0 Å². The van der Waals surface area contributed by atoms with Crippen LogP contribution in [0.2, 0.25) is 0 Å². The number of alkyl halides is 3. The molecule has 0 aliphatic carbocycles. The number of aromatic nitrogens is 2. The van der Waals surface area contributed by atoms with Crippen LogP contribution >= 0.6 is 0 Å². The summed E-state index contributed by atoms with van der Waals surface area (Å²) < 4.78 is 64.4. The molecule has 1 heterocycles. The maximum Gasteiger partial charge on any atom is 0.418 e. The highest BCUT2D eigenvalue weighted by Gasteiger charge is 2.34.